The summed E-state index contributed by atoms with van der Waals surface area (Å²) in [6.45, 7) is 4.27. The SMILES string of the molecule is Cc1ccc(C)c(-c2nccc3c(-c4cnc5ccccc5c4)cccc23)c1. The van der Waals surface area contributed by atoms with Gasteiger partial charge < -0.3 is 0 Å². The molecule has 134 valence electrons. The lowest BCUT2D eigenvalue weighted by Crippen LogP contribution is -1.92. The lowest BCUT2D eigenvalue weighted by molar-refractivity contribution is 1.32. The first kappa shape index (κ1) is 16.6. The van der Waals surface area contributed by atoms with Crippen LogP contribution in [0.25, 0.3) is 44.1 Å². The number of aromatic nitrogens is 2. The Hall–Kier alpha value is -3.52. The van der Waals surface area contributed by atoms with Crippen molar-refractivity contribution in [3.05, 3.63) is 96.3 Å². The van der Waals surface area contributed by atoms with Gasteiger partial charge in [0.15, 0.2) is 0 Å². The first-order valence-electron chi connectivity index (χ1n) is 9.51. The third kappa shape index (κ3) is 2.74. The third-order valence-electron chi connectivity index (χ3n) is 5.36. The molecule has 0 spiro atoms. The fourth-order valence-corrected chi connectivity index (χ4v) is 3.88. The summed E-state index contributed by atoms with van der Waals surface area (Å²) in [6.07, 6.45) is 3.88. The number of pyridine rings is 2. The van der Waals surface area contributed by atoms with Gasteiger partial charge in [0, 0.05) is 34.3 Å². The van der Waals surface area contributed by atoms with E-state index < -0.39 is 0 Å². The van der Waals surface area contributed by atoms with Crippen LogP contribution in [-0.2, 0) is 0 Å². The first-order valence-corrected chi connectivity index (χ1v) is 9.51. The zero-order valence-corrected chi connectivity index (χ0v) is 16.0. The van der Waals surface area contributed by atoms with Gasteiger partial charge in [-0.25, -0.2) is 0 Å². The molecule has 0 bridgehead atoms. The predicted molar refractivity (Wildman–Crippen MR) is 117 cm³/mol. The highest BCUT2D eigenvalue weighted by molar-refractivity contribution is 6.04. The van der Waals surface area contributed by atoms with Gasteiger partial charge in [0.25, 0.3) is 0 Å². The average Bonchev–Trinajstić information content (AvgIpc) is 2.74. The van der Waals surface area contributed by atoms with Crippen molar-refractivity contribution < 1.29 is 0 Å². The van der Waals surface area contributed by atoms with Crippen molar-refractivity contribution in [1.29, 1.82) is 0 Å². The molecule has 2 aromatic heterocycles. The number of hydrogen-bond donors (Lipinski definition) is 0. The fraction of sp³-hybridized carbons (Fsp3) is 0.0769. The van der Waals surface area contributed by atoms with E-state index in [0.717, 1.165) is 22.2 Å². The topological polar surface area (TPSA) is 25.8 Å². The fourth-order valence-electron chi connectivity index (χ4n) is 3.88. The number of aryl methyl sites for hydroxylation is 2. The van der Waals surface area contributed by atoms with Gasteiger partial charge in [0.1, 0.15) is 0 Å². The number of hydrogen-bond acceptors (Lipinski definition) is 2. The molecule has 0 N–H and O–H groups in total. The molecule has 0 aliphatic carbocycles. The Morgan fingerprint density at radius 1 is 0.679 bits per heavy atom. The molecule has 2 heterocycles. The highest BCUT2D eigenvalue weighted by atomic mass is 14.7. The molecule has 28 heavy (non-hydrogen) atoms. The number of para-hydroxylation sites is 1. The largest absolute Gasteiger partial charge is 0.256 e. The molecular formula is C26H20N2. The number of nitrogens with zero attached hydrogens (tertiary/aromatic N) is 2. The minimum atomic E-state index is 1.02. The summed E-state index contributed by atoms with van der Waals surface area (Å²) in [7, 11) is 0. The van der Waals surface area contributed by atoms with Gasteiger partial charge in [-0.15, -0.1) is 0 Å². The molecule has 0 aliphatic heterocycles. The van der Waals surface area contributed by atoms with Gasteiger partial charge >= 0.3 is 0 Å². The van der Waals surface area contributed by atoms with Gasteiger partial charge in [-0.1, -0.05) is 54.1 Å². The molecule has 0 atom stereocenters. The molecule has 0 radical (unpaired) electrons. The normalized spacial score (nSPS) is 11.2. The Morgan fingerprint density at radius 3 is 2.50 bits per heavy atom. The summed E-state index contributed by atoms with van der Waals surface area (Å²) in [4.78, 5) is 9.40. The summed E-state index contributed by atoms with van der Waals surface area (Å²) in [5.74, 6) is 0. The maximum absolute atomic E-state index is 4.75. The van der Waals surface area contributed by atoms with E-state index in [-0.39, 0.29) is 0 Å². The van der Waals surface area contributed by atoms with E-state index in [2.05, 4.69) is 79.5 Å². The minimum absolute atomic E-state index is 1.02. The van der Waals surface area contributed by atoms with Gasteiger partial charge in [-0.2, -0.15) is 0 Å². The van der Waals surface area contributed by atoms with Crippen LogP contribution in [0.3, 0.4) is 0 Å². The van der Waals surface area contributed by atoms with Gasteiger partial charge in [-0.05, 0) is 54.6 Å². The van der Waals surface area contributed by atoms with Crippen LogP contribution in [0.5, 0.6) is 0 Å². The molecule has 3 aromatic carbocycles. The van der Waals surface area contributed by atoms with Crippen LogP contribution in [-0.4, -0.2) is 9.97 Å². The summed E-state index contributed by atoms with van der Waals surface area (Å²) >= 11 is 0. The van der Waals surface area contributed by atoms with Crippen molar-refractivity contribution in [2.24, 2.45) is 0 Å². The van der Waals surface area contributed by atoms with Crippen LogP contribution < -0.4 is 0 Å². The molecule has 0 unspecified atom stereocenters. The van der Waals surface area contributed by atoms with Gasteiger partial charge in [0.05, 0.1) is 11.2 Å². The van der Waals surface area contributed by atoms with Crippen LogP contribution in [0.2, 0.25) is 0 Å². The number of rotatable bonds is 2. The smallest absolute Gasteiger partial charge is 0.0783 e. The van der Waals surface area contributed by atoms with E-state index in [4.69, 9.17) is 4.98 Å². The third-order valence-corrected chi connectivity index (χ3v) is 5.36. The maximum Gasteiger partial charge on any atom is 0.0783 e. The Labute approximate surface area is 164 Å². The predicted octanol–water partition coefficient (Wildman–Crippen LogP) is 6.73. The van der Waals surface area contributed by atoms with Crippen molar-refractivity contribution in [1.82, 2.24) is 9.97 Å². The molecule has 5 aromatic rings. The van der Waals surface area contributed by atoms with Crippen LogP contribution in [0, 0.1) is 13.8 Å². The van der Waals surface area contributed by atoms with Gasteiger partial charge in [0.2, 0.25) is 0 Å². The molecule has 2 heteroatoms. The standard InChI is InChI=1S/C26H20N2/c1-17-10-11-18(2)24(14-17)26-23-8-5-7-21(22(23)12-13-27-26)20-15-19-6-3-4-9-25(19)28-16-20/h3-16H,1-2H3. The van der Waals surface area contributed by atoms with Crippen LogP contribution in [0.1, 0.15) is 11.1 Å². The average molecular weight is 360 g/mol. The molecular weight excluding hydrogens is 340 g/mol. The Morgan fingerprint density at radius 2 is 1.57 bits per heavy atom. The number of fused-ring (bicyclic) bond motifs is 2. The Balaban J connectivity index is 1.76. The lowest BCUT2D eigenvalue weighted by atomic mass is 9.94. The van der Waals surface area contributed by atoms with Crippen molar-refractivity contribution in [3.63, 3.8) is 0 Å². The zero-order valence-electron chi connectivity index (χ0n) is 16.0. The zero-order chi connectivity index (χ0) is 19.1. The van der Waals surface area contributed by atoms with Crippen molar-refractivity contribution in [2.75, 3.05) is 0 Å². The first-order chi connectivity index (χ1) is 13.7. The van der Waals surface area contributed by atoms with E-state index >= 15 is 0 Å². The second-order valence-electron chi connectivity index (χ2n) is 7.30. The number of benzene rings is 3. The van der Waals surface area contributed by atoms with E-state index in [1.54, 1.807) is 0 Å². The van der Waals surface area contributed by atoms with E-state index in [1.807, 2.05) is 24.5 Å². The van der Waals surface area contributed by atoms with Crippen LogP contribution >= 0.6 is 0 Å². The second-order valence-corrected chi connectivity index (χ2v) is 7.30. The summed E-state index contributed by atoms with van der Waals surface area (Å²) in [5, 5.41) is 3.52. The van der Waals surface area contributed by atoms with Crippen LogP contribution in [0.4, 0.5) is 0 Å². The van der Waals surface area contributed by atoms with E-state index in [0.29, 0.717) is 0 Å². The highest BCUT2D eigenvalue weighted by Gasteiger charge is 2.12. The van der Waals surface area contributed by atoms with Gasteiger partial charge in [-0.3, -0.25) is 9.97 Å². The Kier molecular flexibility index (Phi) is 3.91. The molecule has 0 fully saturated rings. The van der Waals surface area contributed by atoms with Crippen molar-refractivity contribution >= 4 is 21.7 Å². The quantitative estimate of drug-likeness (QED) is 0.349. The van der Waals surface area contributed by atoms with Crippen molar-refractivity contribution in [2.45, 2.75) is 13.8 Å². The molecule has 0 saturated heterocycles. The van der Waals surface area contributed by atoms with E-state index in [1.165, 1.54) is 33.0 Å². The second kappa shape index (κ2) is 6.58. The minimum Gasteiger partial charge on any atom is -0.256 e. The van der Waals surface area contributed by atoms with Crippen molar-refractivity contribution in [3.8, 4) is 22.4 Å². The maximum atomic E-state index is 4.75. The van der Waals surface area contributed by atoms with E-state index in [9.17, 15) is 0 Å². The molecule has 2 nitrogen and oxygen atoms in total. The molecule has 5 rings (SSSR count). The molecule has 0 amide bonds. The highest BCUT2D eigenvalue weighted by Crippen LogP contribution is 2.35. The summed E-state index contributed by atoms with van der Waals surface area (Å²) < 4.78 is 0. The monoisotopic (exact) mass is 360 g/mol. The summed E-state index contributed by atoms with van der Waals surface area (Å²) in [6, 6.07) is 25.5. The molecule has 0 aliphatic rings. The van der Waals surface area contributed by atoms with Crippen LogP contribution in [0.15, 0.2) is 85.2 Å². The lowest BCUT2D eigenvalue weighted by Gasteiger charge is -2.13. The Bertz CT molecular complexity index is 1340. The molecule has 0 saturated carbocycles. The summed E-state index contributed by atoms with van der Waals surface area (Å²) in [5.41, 5.74) is 8.04.